The monoisotopic (exact) mass is 477 g/mol. The highest BCUT2D eigenvalue weighted by Crippen LogP contribution is 2.43. The van der Waals surface area contributed by atoms with E-state index in [1.807, 2.05) is 4.68 Å². The summed E-state index contributed by atoms with van der Waals surface area (Å²) in [6.45, 7) is 3.16. The van der Waals surface area contributed by atoms with E-state index in [0.717, 1.165) is 75.7 Å². The fraction of sp³-hybridized carbons (Fsp3) is 0.621. The standard InChI is InChI=1S/C29H39N3O3/c1-3-8-24-12-4-5-16-31(24)28(33)23-11-6-9-21(17-23)22-10-7-13-25(18-22)32-27(20-14-15-20)26(19-30-32)29(34)35-2/h7,10,13,18-21,23-24H,3-6,8-9,11-12,14-17H2,1-2H3/t21-,23?,24?/m1/s1. The van der Waals surface area contributed by atoms with Crippen molar-refractivity contribution in [3.8, 4) is 5.69 Å². The number of benzene rings is 1. The van der Waals surface area contributed by atoms with Crippen molar-refractivity contribution in [1.82, 2.24) is 14.7 Å². The summed E-state index contributed by atoms with van der Waals surface area (Å²) in [4.78, 5) is 28.1. The fourth-order valence-corrected chi connectivity index (χ4v) is 6.37. The van der Waals surface area contributed by atoms with Gasteiger partial charge in [0, 0.05) is 24.4 Å². The quantitative estimate of drug-likeness (QED) is 0.460. The van der Waals surface area contributed by atoms with E-state index in [4.69, 9.17) is 4.74 Å². The lowest BCUT2D eigenvalue weighted by Gasteiger charge is -2.40. The smallest absolute Gasteiger partial charge is 0.341 e. The average molecular weight is 478 g/mol. The maximum atomic E-state index is 13.6. The summed E-state index contributed by atoms with van der Waals surface area (Å²) < 4.78 is 6.93. The van der Waals surface area contributed by atoms with Gasteiger partial charge in [0.15, 0.2) is 0 Å². The van der Waals surface area contributed by atoms with E-state index in [1.54, 1.807) is 6.20 Å². The minimum Gasteiger partial charge on any atom is -0.465 e. The van der Waals surface area contributed by atoms with Gasteiger partial charge in [0.25, 0.3) is 0 Å². The van der Waals surface area contributed by atoms with Gasteiger partial charge in [-0.15, -0.1) is 0 Å². The fourth-order valence-electron chi connectivity index (χ4n) is 6.37. The molecule has 2 unspecified atom stereocenters. The molecule has 1 amide bonds. The maximum absolute atomic E-state index is 13.6. The van der Waals surface area contributed by atoms with Crippen LogP contribution in [0.4, 0.5) is 0 Å². The predicted molar refractivity (Wildman–Crippen MR) is 136 cm³/mol. The molecule has 0 radical (unpaired) electrons. The van der Waals surface area contributed by atoms with Crippen LogP contribution in [0.5, 0.6) is 0 Å². The molecule has 35 heavy (non-hydrogen) atoms. The minimum absolute atomic E-state index is 0.132. The second-order valence-corrected chi connectivity index (χ2v) is 10.7. The molecule has 2 aromatic rings. The average Bonchev–Trinajstić information content (AvgIpc) is 3.65. The molecule has 2 heterocycles. The Bertz CT molecular complexity index is 1060. The van der Waals surface area contributed by atoms with Crippen LogP contribution in [-0.4, -0.2) is 46.3 Å². The Balaban J connectivity index is 1.35. The third kappa shape index (κ3) is 5.03. The van der Waals surface area contributed by atoms with Gasteiger partial charge in [-0.05, 0) is 81.4 Å². The van der Waals surface area contributed by atoms with Crippen LogP contribution < -0.4 is 0 Å². The van der Waals surface area contributed by atoms with Gasteiger partial charge in [0.2, 0.25) is 5.91 Å². The zero-order chi connectivity index (χ0) is 24.4. The highest BCUT2D eigenvalue weighted by Gasteiger charge is 2.36. The molecular weight excluding hydrogens is 438 g/mol. The summed E-state index contributed by atoms with van der Waals surface area (Å²) in [5.41, 5.74) is 3.82. The number of piperidine rings is 1. The van der Waals surface area contributed by atoms with Gasteiger partial charge < -0.3 is 9.64 Å². The Morgan fingerprint density at radius 1 is 1.06 bits per heavy atom. The van der Waals surface area contributed by atoms with Gasteiger partial charge in [-0.25, -0.2) is 9.48 Å². The number of rotatable bonds is 7. The molecule has 6 nitrogen and oxygen atoms in total. The first-order chi connectivity index (χ1) is 17.1. The van der Waals surface area contributed by atoms with Gasteiger partial charge in [-0.1, -0.05) is 31.9 Å². The van der Waals surface area contributed by atoms with Gasteiger partial charge >= 0.3 is 5.97 Å². The van der Waals surface area contributed by atoms with E-state index >= 15 is 0 Å². The molecule has 1 saturated heterocycles. The first-order valence-electron chi connectivity index (χ1n) is 13.7. The van der Waals surface area contributed by atoms with Crippen molar-refractivity contribution in [2.45, 2.75) is 95.4 Å². The summed E-state index contributed by atoms with van der Waals surface area (Å²) in [5, 5.41) is 4.59. The summed E-state index contributed by atoms with van der Waals surface area (Å²) in [6, 6.07) is 9.02. The highest BCUT2D eigenvalue weighted by molar-refractivity contribution is 5.91. The van der Waals surface area contributed by atoms with Crippen LogP contribution in [0.1, 0.15) is 111 Å². The second kappa shape index (κ2) is 10.5. The number of hydrogen-bond donors (Lipinski definition) is 0. The van der Waals surface area contributed by atoms with E-state index in [-0.39, 0.29) is 11.9 Å². The molecule has 3 fully saturated rings. The zero-order valence-corrected chi connectivity index (χ0v) is 21.2. The molecule has 2 saturated carbocycles. The van der Waals surface area contributed by atoms with Crippen molar-refractivity contribution < 1.29 is 14.3 Å². The second-order valence-electron chi connectivity index (χ2n) is 10.7. The van der Waals surface area contributed by atoms with Gasteiger partial charge in [0.1, 0.15) is 5.56 Å². The molecule has 0 bridgehead atoms. The molecule has 6 heteroatoms. The topological polar surface area (TPSA) is 64.4 Å². The molecule has 2 aliphatic carbocycles. The van der Waals surface area contributed by atoms with Crippen LogP contribution in [0.3, 0.4) is 0 Å². The Hall–Kier alpha value is -2.63. The molecule has 1 aromatic carbocycles. The van der Waals surface area contributed by atoms with Gasteiger partial charge in [-0.2, -0.15) is 5.10 Å². The van der Waals surface area contributed by atoms with Crippen molar-refractivity contribution in [2.75, 3.05) is 13.7 Å². The third-order valence-electron chi connectivity index (χ3n) is 8.32. The maximum Gasteiger partial charge on any atom is 0.341 e. The highest BCUT2D eigenvalue weighted by atomic mass is 16.5. The number of aromatic nitrogens is 2. The summed E-state index contributed by atoms with van der Waals surface area (Å²) >= 11 is 0. The molecular formula is C29H39N3O3. The number of nitrogens with zero attached hydrogens (tertiary/aromatic N) is 3. The number of methoxy groups -OCH3 is 1. The molecule has 3 atom stereocenters. The predicted octanol–water partition coefficient (Wildman–Crippen LogP) is 5.99. The minimum atomic E-state index is -0.318. The van der Waals surface area contributed by atoms with Crippen molar-refractivity contribution in [3.05, 3.63) is 47.3 Å². The molecule has 3 aliphatic rings. The zero-order valence-electron chi connectivity index (χ0n) is 21.2. The summed E-state index contributed by atoms with van der Waals surface area (Å²) in [6.07, 6.45) is 13.8. The summed E-state index contributed by atoms with van der Waals surface area (Å²) in [5.74, 6) is 0.962. The van der Waals surface area contributed by atoms with Gasteiger partial charge in [-0.3, -0.25) is 4.79 Å². The van der Waals surface area contributed by atoms with Crippen LogP contribution in [0.2, 0.25) is 0 Å². The Labute approximate surface area is 209 Å². The van der Waals surface area contributed by atoms with Crippen LogP contribution in [0.15, 0.2) is 30.5 Å². The van der Waals surface area contributed by atoms with E-state index in [9.17, 15) is 9.59 Å². The lowest BCUT2D eigenvalue weighted by molar-refractivity contribution is -0.140. The van der Waals surface area contributed by atoms with E-state index in [1.165, 1.54) is 25.5 Å². The number of esters is 1. The third-order valence-corrected chi connectivity index (χ3v) is 8.32. The van der Waals surface area contributed by atoms with Crippen LogP contribution in [-0.2, 0) is 9.53 Å². The molecule has 1 aromatic heterocycles. The normalized spacial score (nSPS) is 24.9. The van der Waals surface area contributed by atoms with Crippen LogP contribution in [0.25, 0.3) is 5.69 Å². The number of ether oxygens (including phenoxy) is 1. The van der Waals surface area contributed by atoms with Crippen molar-refractivity contribution in [3.63, 3.8) is 0 Å². The Morgan fingerprint density at radius 2 is 1.91 bits per heavy atom. The van der Waals surface area contributed by atoms with Crippen LogP contribution in [0, 0.1) is 5.92 Å². The Kier molecular flexibility index (Phi) is 7.26. The molecule has 1 aliphatic heterocycles. The SMILES string of the molecule is CCCC1CCCCN1C(=O)C1CCC[C@@H](c2cccc(-n3ncc(C(=O)OC)c3C3CC3)c2)C1. The molecule has 188 valence electrons. The first kappa shape index (κ1) is 24.1. The number of carbonyl (C=O) groups excluding carboxylic acids is 2. The molecule has 5 rings (SSSR count). The molecule has 0 spiro atoms. The number of amides is 1. The van der Waals surface area contributed by atoms with Crippen molar-refractivity contribution >= 4 is 11.9 Å². The number of carbonyl (C=O) groups is 2. The van der Waals surface area contributed by atoms with Crippen molar-refractivity contribution in [1.29, 1.82) is 0 Å². The number of likely N-dealkylation sites (tertiary alicyclic amines) is 1. The van der Waals surface area contributed by atoms with E-state index in [0.29, 0.717) is 29.3 Å². The van der Waals surface area contributed by atoms with E-state index in [2.05, 4.69) is 41.2 Å². The lowest BCUT2D eigenvalue weighted by atomic mass is 9.77. The first-order valence-corrected chi connectivity index (χ1v) is 13.7. The van der Waals surface area contributed by atoms with Crippen molar-refractivity contribution in [2.24, 2.45) is 5.92 Å². The van der Waals surface area contributed by atoms with E-state index < -0.39 is 0 Å². The van der Waals surface area contributed by atoms with Crippen LogP contribution >= 0.6 is 0 Å². The lowest BCUT2D eigenvalue weighted by Crippen LogP contribution is -2.47. The number of hydrogen-bond acceptors (Lipinski definition) is 4. The Morgan fingerprint density at radius 3 is 2.69 bits per heavy atom. The molecule has 0 N–H and O–H groups in total. The van der Waals surface area contributed by atoms with Gasteiger partial charge in [0.05, 0.1) is 24.7 Å². The largest absolute Gasteiger partial charge is 0.465 e. The summed E-state index contributed by atoms with van der Waals surface area (Å²) in [7, 11) is 1.42.